The molecule has 2 amide bonds. The van der Waals surface area contributed by atoms with Gasteiger partial charge in [0.05, 0.1) is 12.4 Å². The lowest BCUT2D eigenvalue weighted by Gasteiger charge is -2.28. The second-order valence-electron chi connectivity index (χ2n) is 5.15. The van der Waals surface area contributed by atoms with E-state index in [-0.39, 0.29) is 11.8 Å². The number of benzene rings is 1. The van der Waals surface area contributed by atoms with Crippen molar-refractivity contribution < 1.29 is 22.7 Å². The predicted octanol–water partition coefficient (Wildman–Crippen LogP) is 0.123. The van der Waals surface area contributed by atoms with E-state index in [1.54, 1.807) is 31.2 Å². The number of sulfonamides is 1. The number of carbonyl (C=O) groups is 2. The minimum absolute atomic E-state index is 0.271. The van der Waals surface area contributed by atoms with Crippen LogP contribution in [0.4, 0.5) is 0 Å². The Labute approximate surface area is 129 Å². The van der Waals surface area contributed by atoms with Crippen molar-refractivity contribution in [2.24, 2.45) is 0 Å². The molecular formula is C14H18N2O5S. The van der Waals surface area contributed by atoms with Crippen molar-refractivity contribution in [2.45, 2.75) is 18.7 Å². The number of nitrogens with zero attached hydrogens (tertiary/aromatic N) is 1. The number of ether oxygens (including phenoxy) is 1. The summed E-state index contributed by atoms with van der Waals surface area (Å²) in [7, 11) is -2.34. The average molecular weight is 326 g/mol. The zero-order valence-corrected chi connectivity index (χ0v) is 13.2. The molecule has 7 nitrogen and oxygen atoms in total. The van der Waals surface area contributed by atoms with Gasteiger partial charge in [-0.15, -0.1) is 0 Å². The van der Waals surface area contributed by atoms with E-state index in [9.17, 15) is 18.0 Å². The van der Waals surface area contributed by atoms with E-state index in [1.165, 1.54) is 7.11 Å². The van der Waals surface area contributed by atoms with Crippen LogP contribution in [0.15, 0.2) is 24.3 Å². The van der Waals surface area contributed by atoms with Gasteiger partial charge in [-0.3, -0.25) is 9.59 Å². The van der Waals surface area contributed by atoms with Gasteiger partial charge < -0.3 is 10.1 Å². The maximum absolute atomic E-state index is 12.3. The van der Waals surface area contributed by atoms with Gasteiger partial charge in [0.2, 0.25) is 15.9 Å². The maximum Gasteiger partial charge on any atom is 0.268 e. The Kier molecular flexibility index (Phi) is 4.82. The molecule has 1 aromatic carbocycles. The first kappa shape index (κ1) is 16.4. The molecule has 1 aromatic rings. The van der Waals surface area contributed by atoms with Crippen molar-refractivity contribution in [3.8, 4) is 0 Å². The summed E-state index contributed by atoms with van der Waals surface area (Å²) in [5, 5.41) is 2.59. The van der Waals surface area contributed by atoms with Gasteiger partial charge >= 0.3 is 0 Å². The maximum atomic E-state index is 12.3. The standard InChI is InChI=1S/C14H18N2O5S/c1-10(8-21-2)15-13(17)7-16-14(18)12-6-4-3-5-11(12)9-22(16,19)20/h3-6,10H,7-9H2,1-2H3,(H,15,17)/t10-/m1/s1. The van der Waals surface area contributed by atoms with Crippen molar-refractivity contribution in [3.63, 3.8) is 0 Å². The largest absolute Gasteiger partial charge is 0.383 e. The van der Waals surface area contributed by atoms with Crippen molar-refractivity contribution in [1.29, 1.82) is 0 Å². The first-order valence-corrected chi connectivity index (χ1v) is 8.37. The number of methoxy groups -OCH3 is 1. The molecule has 22 heavy (non-hydrogen) atoms. The fourth-order valence-corrected chi connectivity index (χ4v) is 3.77. The van der Waals surface area contributed by atoms with Crippen molar-refractivity contribution in [1.82, 2.24) is 9.62 Å². The van der Waals surface area contributed by atoms with Crippen LogP contribution < -0.4 is 5.32 Å². The fourth-order valence-electron chi connectivity index (χ4n) is 2.30. The molecule has 0 spiro atoms. The Balaban J connectivity index is 2.17. The van der Waals surface area contributed by atoms with Gasteiger partial charge in [-0.2, -0.15) is 0 Å². The van der Waals surface area contributed by atoms with Crippen molar-refractivity contribution in [2.75, 3.05) is 20.3 Å². The fraction of sp³-hybridized carbons (Fsp3) is 0.429. The van der Waals surface area contributed by atoms with Gasteiger partial charge in [0.15, 0.2) is 0 Å². The van der Waals surface area contributed by atoms with Gasteiger partial charge in [0.1, 0.15) is 6.54 Å². The first-order valence-electron chi connectivity index (χ1n) is 6.76. The number of fused-ring (bicyclic) bond motifs is 1. The number of amides is 2. The highest BCUT2D eigenvalue weighted by atomic mass is 32.2. The smallest absolute Gasteiger partial charge is 0.268 e. The lowest BCUT2D eigenvalue weighted by atomic mass is 10.1. The number of carbonyl (C=O) groups excluding carboxylic acids is 2. The number of rotatable bonds is 5. The van der Waals surface area contributed by atoms with Crippen LogP contribution in [0.5, 0.6) is 0 Å². The van der Waals surface area contributed by atoms with Crippen LogP contribution in [0.25, 0.3) is 0 Å². The summed E-state index contributed by atoms with van der Waals surface area (Å²) in [6, 6.07) is 6.23. The van der Waals surface area contributed by atoms with E-state index in [1.807, 2.05) is 0 Å². The Bertz CT molecular complexity index is 686. The molecule has 1 aliphatic heterocycles. The normalized spacial score (nSPS) is 17.7. The summed E-state index contributed by atoms with van der Waals surface area (Å²) in [6.45, 7) is 1.50. The van der Waals surface area contributed by atoms with Crippen molar-refractivity contribution in [3.05, 3.63) is 35.4 Å². The second-order valence-corrected chi connectivity index (χ2v) is 7.04. The molecule has 8 heteroatoms. The zero-order chi connectivity index (χ0) is 16.3. The van der Waals surface area contributed by atoms with E-state index in [0.29, 0.717) is 22.0 Å². The highest BCUT2D eigenvalue weighted by Crippen LogP contribution is 2.24. The molecule has 120 valence electrons. The molecule has 0 aromatic heterocycles. The Morgan fingerprint density at radius 3 is 2.77 bits per heavy atom. The molecule has 0 aliphatic carbocycles. The molecule has 0 unspecified atom stereocenters. The summed E-state index contributed by atoms with van der Waals surface area (Å²) in [5.74, 6) is -1.49. The monoisotopic (exact) mass is 326 g/mol. The highest BCUT2D eigenvalue weighted by molar-refractivity contribution is 7.89. The van der Waals surface area contributed by atoms with E-state index >= 15 is 0 Å². The Morgan fingerprint density at radius 1 is 1.41 bits per heavy atom. The molecule has 1 aliphatic rings. The number of hydrogen-bond acceptors (Lipinski definition) is 5. The highest BCUT2D eigenvalue weighted by Gasteiger charge is 2.36. The summed E-state index contributed by atoms with van der Waals surface area (Å²) in [6.07, 6.45) is 0. The van der Waals surface area contributed by atoms with Gasteiger partial charge in [-0.25, -0.2) is 12.7 Å². The van der Waals surface area contributed by atoms with Crippen molar-refractivity contribution >= 4 is 21.8 Å². The van der Waals surface area contributed by atoms with Crippen LogP contribution in [0.1, 0.15) is 22.8 Å². The zero-order valence-electron chi connectivity index (χ0n) is 12.4. The summed E-state index contributed by atoms with van der Waals surface area (Å²) < 4.78 is 29.9. The van der Waals surface area contributed by atoms with Crippen LogP contribution >= 0.6 is 0 Å². The Morgan fingerprint density at radius 2 is 2.09 bits per heavy atom. The quantitative estimate of drug-likeness (QED) is 0.830. The van der Waals surface area contributed by atoms with Crippen LogP contribution in [0.2, 0.25) is 0 Å². The molecular weight excluding hydrogens is 308 g/mol. The number of hydrogen-bond donors (Lipinski definition) is 1. The van der Waals surface area contributed by atoms with E-state index in [2.05, 4.69) is 5.32 Å². The van der Waals surface area contributed by atoms with Crippen LogP contribution in [-0.2, 0) is 25.3 Å². The minimum atomic E-state index is -3.84. The van der Waals surface area contributed by atoms with E-state index < -0.39 is 28.4 Å². The molecule has 1 heterocycles. The van der Waals surface area contributed by atoms with E-state index in [0.717, 1.165) is 0 Å². The summed E-state index contributed by atoms with van der Waals surface area (Å²) in [5.41, 5.74) is 0.770. The van der Waals surface area contributed by atoms with Crippen LogP contribution in [0.3, 0.4) is 0 Å². The Hall–Kier alpha value is -1.93. The summed E-state index contributed by atoms with van der Waals surface area (Å²) in [4.78, 5) is 24.2. The first-order chi connectivity index (χ1) is 10.3. The molecule has 0 bridgehead atoms. The van der Waals surface area contributed by atoms with Crippen LogP contribution in [0, 0.1) is 0 Å². The van der Waals surface area contributed by atoms with Crippen LogP contribution in [-0.4, -0.2) is 50.8 Å². The third-order valence-electron chi connectivity index (χ3n) is 3.26. The third-order valence-corrected chi connectivity index (χ3v) is 4.90. The van der Waals surface area contributed by atoms with Gasteiger partial charge in [0, 0.05) is 18.7 Å². The lowest BCUT2D eigenvalue weighted by Crippen LogP contribution is -2.49. The predicted molar refractivity (Wildman–Crippen MR) is 79.6 cm³/mol. The SMILES string of the molecule is COC[C@@H](C)NC(=O)CN1C(=O)c2ccccc2CS1(=O)=O. The molecule has 1 atom stereocenters. The topological polar surface area (TPSA) is 92.8 Å². The molecule has 2 rings (SSSR count). The molecule has 0 saturated carbocycles. The third kappa shape index (κ3) is 3.45. The molecule has 0 saturated heterocycles. The van der Waals surface area contributed by atoms with E-state index in [4.69, 9.17) is 4.74 Å². The number of nitrogens with one attached hydrogen (secondary N) is 1. The minimum Gasteiger partial charge on any atom is -0.383 e. The average Bonchev–Trinajstić information content (AvgIpc) is 2.43. The van der Waals surface area contributed by atoms with Gasteiger partial charge in [-0.1, -0.05) is 18.2 Å². The lowest BCUT2D eigenvalue weighted by molar-refractivity contribution is -0.122. The second kappa shape index (κ2) is 6.45. The molecule has 0 fully saturated rings. The van der Waals surface area contributed by atoms with Gasteiger partial charge in [-0.05, 0) is 18.6 Å². The molecule has 0 radical (unpaired) electrons. The molecule has 1 N–H and O–H groups in total. The summed E-state index contributed by atoms with van der Waals surface area (Å²) >= 11 is 0. The van der Waals surface area contributed by atoms with Gasteiger partial charge in [0.25, 0.3) is 5.91 Å².